The number of alkyl halides is 4. The molecule has 0 bridgehead atoms. The van der Waals surface area contributed by atoms with Gasteiger partial charge in [-0.05, 0) is 12.8 Å². The summed E-state index contributed by atoms with van der Waals surface area (Å²) in [7, 11) is 0. The van der Waals surface area contributed by atoms with Crippen molar-refractivity contribution in [2.75, 3.05) is 0 Å². The average Bonchev–Trinajstić information content (AvgIpc) is 2.67. The lowest BCUT2D eigenvalue weighted by Crippen LogP contribution is -2.29. The van der Waals surface area contributed by atoms with Crippen molar-refractivity contribution >= 4 is 23.2 Å². The van der Waals surface area contributed by atoms with Crippen molar-refractivity contribution < 1.29 is 22.8 Å². The Bertz CT molecular complexity index is 240. The number of rotatable bonds is 3. The Hall–Kier alpha value is -0.580. The largest absolute Gasteiger partial charge is 0.450 e. The van der Waals surface area contributed by atoms with Crippen molar-refractivity contribution in [3.05, 3.63) is 0 Å². The molecule has 0 radical (unpaired) electrons. The summed E-state index contributed by atoms with van der Waals surface area (Å²) in [5, 5.41) is 0. The van der Waals surface area contributed by atoms with Crippen LogP contribution in [0.1, 0.15) is 19.3 Å². The highest BCUT2D eigenvalue weighted by molar-refractivity contribution is 6.38. The zero-order chi connectivity index (χ0) is 10.3. The lowest BCUT2D eigenvalue weighted by molar-refractivity contribution is -0.171. The molecule has 1 aliphatic carbocycles. The second kappa shape index (κ2) is 2.97. The minimum atomic E-state index is -4.93. The molecule has 0 aromatic carbocycles. The molecule has 6 heteroatoms. The summed E-state index contributed by atoms with van der Waals surface area (Å²) in [5.41, 5.74) is 0. The lowest BCUT2D eigenvalue weighted by Gasteiger charge is -2.06. The van der Waals surface area contributed by atoms with E-state index >= 15 is 0 Å². The van der Waals surface area contributed by atoms with Crippen LogP contribution in [0.5, 0.6) is 0 Å². The van der Waals surface area contributed by atoms with Crippen LogP contribution in [0.2, 0.25) is 0 Å². The molecule has 0 saturated heterocycles. The molecule has 74 valence electrons. The van der Waals surface area contributed by atoms with E-state index in [4.69, 9.17) is 11.6 Å². The zero-order valence-electron chi connectivity index (χ0n) is 6.45. The second-order valence-electron chi connectivity index (χ2n) is 2.99. The molecule has 0 aromatic heterocycles. The Morgan fingerprint density at radius 2 is 1.77 bits per heavy atom. The number of carbonyl (C=O) groups is 2. The maximum Gasteiger partial charge on any atom is 0.450 e. The van der Waals surface area contributed by atoms with Crippen LogP contribution in [-0.2, 0) is 9.59 Å². The normalized spacial score (nSPS) is 19.7. The van der Waals surface area contributed by atoms with Gasteiger partial charge in [0.1, 0.15) is 4.87 Å². The van der Waals surface area contributed by atoms with Crippen LogP contribution in [0, 0.1) is 0 Å². The van der Waals surface area contributed by atoms with Gasteiger partial charge in [-0.3, -0.25) is 9.59 Å². The second-order valence-corrected chi connectivity index (χ2v) is 3.71. The van der Waals surface area contributed by atoms with E-state index in [9.17, 15) is 22.8 Å². The third-order valence-electron chi connectivity index (χ3n) is 1.83. The Labute approximate surface area is 77.0 Å². The molecule has 0 unspecified atom stereocenters. The number of hydrogen-bond donors (Lipinski definition) is 0. The summed E-state index contributed by atoms with van der Waals surface area (Å²) >= 11 is 5.52. The van der Waals surface area contributed by atoms with Gasteiger partial charge in [-0.15, -0.1) is 11.6 Å². The van der Waals surface area contributed by atoms with Gasteiger partial charge in [0.15, 0.2) is 5.78 Å². The maximum atomic E-state index is 11.7. The summed E-state index contributed by atoms with van der Waals surface area (Å²) in [4.78, 5) is 20.1. The van der Waals surface area contributed by atoms with Gasteiger partial charge in [0, 0.05) is 0 Å². The van der Waals surface area contributed by atoms with Gasteiger partial charge in [0.2, 0.25) is 5.78 Å². The molecule has 13 heavy (non-hydrogen) atoms. The summed E-state index contributed by atoms with van der Waals surface area (Å²) in [6.07, 6.45) is -5.35. The van der Waals surface area contributed by atoms with Crippen LogP contribution in [0.15, 0.2) is 0 Å². The Morgan fingerprint density at radius 1 is 1.31 bits per heavy atom. The van der Waals surface area contributed by atoms with E-state index in [1.165, 1.54) is 0 Å². The van der Waals surface area contributed by atoms with Crippen molar-refractivity contribution in [1.82, 2.24) is 0 Å². The van der Waals surface area contributed by atoms with Crippen LogP contribution in [0.4, 0.5) is 13.2 Å². The van der Waals surface area contributed by atoms with E-state index < -0.39 is 29.0 Å². The topological polar surface area (TPSA) is 34.1 Å². The monoisotopic (exact) mass is 214 g/mol. The van der Waals surface area contributed by atoms with Crippen molar-refractivity contribution in [3.63, 3.8) is 0 Å². The highest BCUT2D eigenvalue weighted by Crippen LogP contribution is 2.44. The third-order valence-corrected chi connectivity index (χ3v) is 2.41. The third kappa shape index (κ3) is 2.43. The zero-order valence-corrected chi connectivity index (χ0v) is 7.21. The molecule has 0 aliphatic heterocycles. The standard InChI is InChI=1S/C7H6ClF3O2/c8-6(1-2-6)4(12)3-5(13)7(9,10)11/h1-3H2. The predicted octanol–water partition coefficient (Wildman–Crippen LogP) is 1.85. The maximum absolute atomic E-state index is 11.7. The van der Waals surface area contributed by atoms with E-state index in [1.807, 2.05) is 0 Å². The van der Waals surface area contributed by atoms with Crippen molar-refractivity contribution in [2.24, 2.45) is 0 Å². The molecule has 0 aromatic rings. The number of Topliss-reactive ketones (excluding diaryl/α,β-unsaturated/α-hetero) is 2. The smallest absolute Gasteiger partial charge is 0.297 e. The molecule has 1 aliphatic rings. The molecular formula is C7H6ClF3O2. The minimum absolute atomic E-state index is 0.360. The van der Waals surface area contributed by atoms with Crippen LogP contribution in [0.25, 0.3) is 0 Å². The molecule has 1 rings (SSSR count). The highest BCUT2D eigenvalue weighted by Gasteiger charge is 2.50. The molecule has 0 spiro atoms. The summed E-state index contributed by atoms with van der Waals surface area (Å²) in [6, 6.07) is 0. The molecule has 0 heterocycles. The molecule has 0 atom stereocenters. The first-order chi connectivity index (χ1) is 5.76. The van der Waals surface area contributed by atoms with Crippen LogP contribution in [0.3, 0.4) is 0 Å². The molecule has 0 amide bonds. The molecule has 2 nitrogen and oxygen atoms in total. The van der Waals surface area contributed by atoms with Crippen LogP contribution >= 0.6 is 11.6 Å². The van der Waals surface area contributed by atoms with Gasteiger partial charge in [-0.2, -0.15) is 13.2 Å². The Balaban J connectivity index is 2.50. The molecule has 1 saturated carbocycles. The predicted molar refractivity (Wildman–Crippen MR) is 38.5 cm³/mol. The van der Waals surface area contributed by atoms with Crippen LogP contribution < -0.4 is 0 Å². The Morgan fingerprint density at radius 3 is 2.08 bits per heavy atom. The van der Waals surface area contributed by atoms with Gasteiger partial charge in [-0.25, -0.2) is 0 Å². The van der Waals surface area contributed by atoms with Crippen LogP contribution in [-0.4, -0.2) is 22.6 Å². The van der Waals surface area contributed by atoms with E-state index in [-0.39, 0.29) is 0 Å². The summed E-state index contributed by atoms with van der Waals surface area (Å²) in [5.74, 6) is -2.85. The van der Waals surface area contributed by atoms with E-state index in [0.29, 0.717) is 12.8 Å². The Kier molecular flexibility index (Phi) is 2.40. The minimum Gasteiger partial charge on any atom is -0.297 e. The number of ketones is 2. The first-order valence-electron chi connectivity index (χ1n) is 3.58. The summed E-state index contributed by atoms with van der Waals surface area (Å²) in [6.45, 7) is 0. The molecular weight excluding hydrogens is 209 g/mol. The van der Waals surface area contributed by atoms with Crippen molar-refractivity contribution in [2.45, 2.75) is 30.3 Å². The van der Waals surface area contributed by atoms with E-state index in [0.717, 1.165) is 0 Å². The number of hydrogen-bond acceptors (Lipinski definition) is 2. The molecule has 1 fully saturated rings. The van der Waals surface area contributed by atoms with Gasteiger partial charge in [0.25, 0.3) is 0 Å². The van der Waals surface area contributed by atoms with E-state index in [2.05, 4.69) is 0 Å². The van der Waals surface area contributed by atoms with Gasteiger partial charge in [-0.1, -0.05) is 0 Å². The fourth-order valence-electron chi connectivity index (χ4n) is 0.793. The fraction of sp³-hybridized carbons (Fsp3) is 0.714. The van der Waals surface area contributed by atoms with Gasteiger partial charge in [0.05, 0.1) is 6.42 Å². The van der Waals surface area contributed by atoms with Gasteiger partial charge < -0.3 is 0 Å². The number of carbonyl (C=O) groups excluding carboxylic acids is 2. The van der Waals surface area contributed by atoms with Crippen molar-refractivity contribution in [3.8, 4) is 0 Å². The first-order valence-corrected chi connectivity index (χ1v) is 3.96. The SMILES string of the molecule is O=C(CC(=O)C1(Cl)CC1)C(F)(F)F. The van der Waals surface area contributed by atoms with Crippen molar-refractivity contribution in [1.29, 1.82) is 0 Å². The first kappa shape index (κ1) is 10.5. The van der Waals surface area contributed by atoms with E-state index in [1.54, 1.807) is 0 Å². The number of halogens is 4. The van der Waals surface area contributed by atoms with Gasteiger partial charge >= 0.3 is 6.18 Å². The fourth-order valence-corrected chi connectivity index (χ4v) is 0.954. The highest BCUT2D eigenvalue weighted by atomic mass is 35.5. The lowest BCUT2D eigenvalue weighted by atomic mass is 10.1. The quantitative estimate of drug-likeness (QED) is 0.531. The average molecular weight is 215 g/mol. The summed E-state index contributed by atoms with van der Waals surface area (Å²) < 4.78 is 35.0. The molecule has 0 N–H and O–H groups in total.